The maximum Gasteiger partial charge on any atom is 0.0665 e. The number of allylic oxidation sites excluding steroid dienone is 4. The summed E-state index contributed by atoms with van der Waals surface area (Å²) in [6.45, 7) is 6.16. The van der Waals surface area contributed by atoms with E-state index in [1.54, 1.807) is 0 Å². The van der Waals surface area contributed by atoms with Crippen molar-refractivity contribution in [2.24, 2.45) is 9.98 Å². The van der Waals surface area contributed by atoms with E-state index in [0.717, 1.165) is 55.6 Å². The van der Waals surface area contributed by atoms with E-state index in [-0.39, 0.29) is 0 Å². The Balaban J connectivity index is 2.07. The molecule has 0 amide bonds. The molecule has 2 aromatic carbocycles. The molecule has 0 saturated heterocycles. The zero-order valence-corrected chi connectivity index (χ0v) is 18.1. The van der Waals surface area contributed by atoms with Crippen LogP contribution < -0.4 is 0 Å². The second-order valence-corrected chi connectivity index (χ2v) is 7.19. The van der Waals surface area contributed by atoms with E-state index < -0.39 is 0 Å². The first-order chi connectivity index (χ1) is 14.2. The fourth-order valence-electron chi connectivity index (χ4n) is 3.22. The Bertz CT molecular complexity index is 856. The number of aliphatic imine (C=N–C) groups is 2. The van der Waals surface area contributed by atoms with Gasteiger partial charge in [-0.2, -0.15) is 0 Å². The summed E-state index contributed by atoms with van der Waals surface area (Å²) in [5, 5.41) is 0. The first-order valence-corrected chi connectivity index (χ1v) is 10.7. The molecule has 0 N–H and O–H groups in total. The number of unbranched alkanes of at least 4 members (excludes halogenated alkanes) is 2. The molecule has 0 heterocycles. The lowest BCUT2D eigenvalue weighted by Gasteiger charge is -2.06. The summed E-state index contributed by atoms with van der Waals surface area (Å²) in [5.41, 5.74) is 5.62. The summed E-state index contributed by atoms with van der Waals surface area (Å²) in [7, 11) is 0. The molecule has 0 aromatic heterocycles. The van der Waals surface area contributed by atoms with Crippen molar-refractivity contribution in [1.29, 1.82) is 0 Å². The van der Waals surface area contributed by atoms with Crippen LogP contribution in [-0.4, -0.2) is 11.9 Å². The molecule has 152 valence electrons. The summed E-state index contributed by atoms with van der Waals surface area (Å²) >= 11 is 0. The molecule has 29 heavy (non-hydrogen) atoms. The Morgan fingerprint density at radius 2 is 1.28 bits per heavy atom. The van der Waals surface area contributed by atoms with Crippen LogP contribution in [-0.2, 0) is 12.8 Å². The molecular weight excluding hydrogens is 352 g/mol. The molecule has 0 aliphatic carbocycles. The molecule has 2 aromatic rings. The van der Waals surface area contributed by atoms with Gasteiger partial charge < -0.3 is 0 Å². The standard InChI is InChI=1S/C27H34N2/c1-4-6-8-10-16-24-18-12-14-20-26(24)28-22-23(3)29-27-21-15-13-19-25(27)17-11-9-7-5-2/h4-7,12-15,18-22H,8-11,16-17H2,1-3H3/b6-4+,7-5+,28-22?,29-23?. The lowest BCUT2D eigenvalue weighted by Crippen LogP contribution is -1.94. The second kappa shape index (κ2) is 13.4. The molecule has 0 bridgehead atoms. The number of para-hydroxylation sites is 2. The van der Waals surface area contributed by atoms with E-state index in [1.165, 1.54) is 11.1 Å². The minimum atomic E-state index is 0.926. The van der Waals surface area contributed by atoms with Crippen molar-refractivity contribution in [2.75, 3.05) is 0 Å². The molecule has 0 unspecified atom stereocenters. The van der Waals surface area contributed by atoms with Crippen LogP contribution in [0.2, 0.25) is 0 Å². The Kier molecular flexibility index (Phi) is 10.4. The molecule has 0 saturated carbocycles. The topological polar surface area (TPSA) is 24.7 Å². The van der Waals surface area contributed by atoms with Crippen LogP contribution in [0.3, 0.4) is 0 Å². The number of hydrogen-bond donors (Lipinski definition) is 0. The van der Waals surface area contributed by atoms with E-state index in [9.17, 15) is 0 Å². The van der Waals surface area contributed by atoms with Gasteiger partial charge in [-0.15, -0.1) is 0 Å². The zero-order valence-electron chi connectivity index (χ0n) is 18.1. The summed E-state index contributed by atoms with van der Waals surface area (Å²) in [6, 6.07) is 16.8. The van der Waals surface area contributed by atoms with Gasteiger partial charge in [-0.3, -0.25) is 9.98 Å². The van der Waals surface area contributed by atoms with Crippen LogP contribution in [0.4, 0.5) is 11.4 Å². The third-order valence-corrected chi connectivity index (χ3v) is 4.78. The normalized spacial score (nSPS) is 12.6. The smallest absolute Gasteiger partial charge is 0.0665 e. The van der Waals surface area contributed by atoms with Crippen molar-refractivity contribution in [2.45, 2.75) is 59.3 Å². The van der Waals surface area contributed by atoms with Crippen molar-refractivity contribution in [1.82, 2.24) is 0 Å². The highest BCUT2D eigenvalue weighted by Gasteiger charge is 2.02. The van der Waals surface area contributed by atoms with Gasteiger partial charge in [-0.25, -0.2) is 0 Å². The minimum Gasteiger partial charge on any atom is -0.255 e. The Labute approximate surface area is 176 Å². The highest BCUT2D eigenvalue weighted by atomic mass is 14.8. The molecule has 0 spiro atoms. The van der Waals surface area contributed by atoms with Crippen LogP contribution in [0.15, 0.2) is 82.8 Å². The fraction of sp³-hybridized carbons (Fsp3) is 0.333. The van der Waals surface area contributed by atoms with Crippen LogP contribution >= 0.6 is 0 Å². The fourth-order valence-corrected chi connectivity index (χ4v) is 3.22. The first-order valence-electron chi connectivity index (χ1n) is 10.7. The maximum absolute atomic E-state index is 4.83. The van der Waals surface area contributed by atoms with E-state index in [1.807, 2.05) is 13.1 Å². The molecule has 2 heteroatoms. The Morgan fingerprint density at radius 3 is 1.86 bits per heavy atom. The monoisotopic (exact) mass is 386 g/mol. The number of rotatable bonds is 11. The molecule has 0 radical (unpaired) electrons. The molecule has 2 nitrogen and oxygen atoms in total. The molecule has 0 aliphatic rings. The van der Waals surface area contributed by atoms with Gasteiger partial charge in [-0.1, -0.05) is 60.7 Å². The number of nitrogens with zero attached hydrogens (tertiary/aromatic N) is 2. The lowest BCUT2D eigenvalue weighted by molar-refractivity contribution is 0.842. The minimum absolute atomic E-state index is 0.926. The van der Waals surface area contributed by atoms with Crippen molar-refractivity contribution < 1.29 is 0 Å². The molecule has 0 aliphatic heterocycles. The van der Waals surface area contributed by atoms with Gasteiger partial charge in [0.2, 0.25) is 0 Å². The average Bonchev–Trinajstić information content (AvgIpc) is 2.74. The van der Waals surface area contributed by atoms with Gasteiger partial charge in [0, 0.05) is 6.21 Å². The number of benzene rings is 2. The summed E-state index contributed by atoms with van der Waals surface area (Å²) in [6.07, 6.45) is 17.2. The van der Waals surface area contributed by atoms with Gasteiger partial charge >= 0.3 is 0 Å². The van der Waals surface area contributed by atoms with Crippen LogP contribution in [0.1, 0.15) is 57.6 Å². The summed E-state index contributed by atoms with van der Waals surface area (Å²) in [4.78, 5) is 9.56. The van der Waals surface area contributed by atoms with Crippen molar-refractivity contribution in [3.8, 4) is 0 Å². The number of aryl methyl sites for hydroxylation is 2. The van der Waals surface area contributed by atoms with Gasteiger partial charge in [0.25, 0.3) is 0 Å². The van der Waals surface area contributed by atoms with Crippen molar-refractivity contribution in [3.63, 3.8) is 0 Å². The average molecular weight is 387 g/mol. The van der Waals surface area contributed by atoms with E-state index in [4.69, 9.17) is 9.98 Å². The molecule has 0 atom stereocenters. The zero-order chi connectivity index (χ0) is 20.7. The highest BCUT2D eigenvalue weighted by Crippen LogP contribution is 2.22. The molecular formula is C27H34N2. The highest BCUT2D eigenvalue weighted by molar-refractivity contribution is 6.30. The SMILES string of the molecule is C/C=C/CCCc1ccccc1N=CC(C)=Nc1ccccc1CCC/C=C/C. The summed E-state index contributed by atoms with van der Waals surface area (Å²) < 4.78 is 0. The third kappa shape index (κ3) is 8.43. The van der Waals surface area contributed by atoms with Crippen LogP contribution in [0, 0.1) is 0 Å². The predicted molar refractivity (Wildman–Crippen MR) is 129 cm³/mol. The largest absolute Gasteiger partial charge is 0.255 e. The van der Waals surface area contributed by atoms with Gasteiger partial charge in [0.15, 0.2) is 0 Å². The van der Waals surface area contributed by atoms with Gasteiger partial charge in [0.1, 0.15) is 0 Å². The Hall–Kier alpha value is -2.74. The van der Waals surface area contributed by atoms with Crippen molar-refractivity contribution in [3.05, 3.63) is 84.0 Å². The molecule has 2 rings (SSSR count). The lowest BCUT2D eigenvalue weighted by atomic mass is 10.1. The predicted octanol–water partition coefficient (Wildman–Crippen LogP) is 7.98. The van der Waals surface area contributed by atoms with Gasteiger partial charge in [-0.05, 0) is 82.6 Å². The molecule has 0 fully saturated rings. The van der Waals surface area contributed by atoms with Crippen LogP contribution in [0.5, 0.6) is 0 Å². The second-order valence-electron chi connectivity index (χ2n) is 7.19. The third-order valence-electron chi connectivity index (χ3n) is 4.78. The van der Waals surface area contributed by atoms with E-state index in [2.05, 4.69) is 86.7 Å². The van der Waals surface area contributed by atoms with Crippen LogP contribution in [0.25, 0.3) is 0 Å². The van der Waals surface area contributed by atoms with E-state index in [0.29, 0.717) is 0 Å². The number of hydrogen-bond acceptors (Lipinski definition) is 2. The summed E-state index contributed by atoms with van der Waals surface area (Å²) in [5.74, 6) is 0. The van der Waals surface area contributed by atoms with E-state index >= 15 is 0 Å². The van der Waals surface area contributed by atoms with Crippen molar-refractivity contribution >= 4 is 23.3 Å². The Morgan fingerprint density at radius 1 is 0.759 bits per heavy atom. The first kappa shape index (κ1) is 22.5. The maximum atomic E-state index is 4.83. The quantitative estimate of drug-likeness (QED) is 0.212. The van der Waals surface area contributed by atoms with Gasteiger partial charge in [0.05, 0.1) is 17.1 Å².